The van der Waals surface area contributed by atoms with Crippen molar-refractivity contribution >= 4 is 33.0 Å². The van der Waals surface area contributed by atoms with E-state index in [1.807, 2.05) is 25.1 Å². The summed E-state index contributed by atoms with van der Waals surface area (Å²) in [4.78, 5) is 16.8. The molecule has 3 aromatic rings. The molecule has 0 spiro atoms. The van der Waals surface area contributed by atoms with E-state index in [9.17, 15) is 13.2 Å². The fraction of sp³-hybridized carbons (Fsp3) is 0.292. The van der Waals surface area contributed by atoms with Crippen molar-refractivity contribution in [2.24, 2.45) is 0 Å². The Labute approximate surface area is 193 Å². The van der Waals surface area contributed by atoms with Crippen molar-refractivity contribution in [3.05, 3.63) is 81.5 Å². The van der Waals surface area contributed by atoms with E-state index in [4.69, 9.17) is 0 Å². The molecule has 6 nitrogen and oxygen atoms in total. The van der Waals surface area contributed by atoms with E-state index >= 15 is 0 Å². The van der Waals surface area contributed by atoms with Gasteiger partial charge in [-0.25, -0.2) is 12.7 Å². The highest BCUT2D eigenvalue weighted by Crippen LogP contribution is 2.37. The number of sulfonamides is 1. The number of carbonyl (C=O) groups excluding carboxylic acids is 1. The second-order valence-corrected chi connectivity index (χ2v) is 11.3. The number of amides is 1. The smallest absolute Gasteiger partial charge is 0.242 e. The van der Waals surface area contributed by atoms with Gasteiger partial charge in [0.25, 0.3) is 0 Å². The summed E-state index contributed by atoms with van der Waals surface area (Å²) in [5.41, 5.74) is 3.75. The van der Waals surface area contributed by atoms with Gasteiger partial charge in [-0.05, 0) is 53.6 Å². The zero-order chi connectivity index (χ0) is 22.9. The lowest BCUT2D eigenvalue weighted by Gasteiger charge is -2.35. The van der Waals surface area contributed by atoms with Gasteiger partial charge < -0.3 is 5.32 Å². The van der Waals surface area contributed by atoms with Gasteiger partial charge in [0.05, 0.1) is 17.5 Å². The van der Waals surface area contributed by atoms with Crippen molar-refractivity contribution < 1.29 is 13.2 Å². The molecular weight excluding hydrogens is 442 g/mol. The van der Waals surface area contributed by atoms with Crippen molar-refractivity contribution in [2.45, 2.75) is 24.3 Å². The molecule has 1 aliphatic heterocycles. The first-order valence-corrected chi connectivity index (χ1v) is 12.8. The van der Waals surface area contributed by atoms with Crippen LogP contribution >= 0.6 is 11.3 Å². The molecule has 0 aliphatic carbocycles. The molecular formula is C24H27N3O3S2. The van der Waals surface area contributed by atoms with Gasteiger partial charge in [0.1, 0.15) is 0 Å². The van der Waals surface area contributed by atoms with Crippen LogP contribution in [0.25, 0.3) is 0 Å². The fourth-order valence-electron chi connectivity index (χ4n) is 4.05. The Morgan fingerprint density at radius 2 is 1.91 bits per heavy atom. The van der Waals surface area contributed by atoms with Gasteiger partial charge in [0.2, 0.25) is 15.9 Å². The van der Waals surface area contributed by atoms with E-state index in [1.165, 1.54) is 34.9 Å². The van der Waals surface area contributed by atoms with Crippen LogP contribution in [0.2, 0.25) is 0 Å². The second kappa shape index (κ2) is 9.15. The SMILES string of the molecule is Cc1ccc(S(=O)(=O)N(C)C)cc1NC(=O)CN1CCc2sccc2[C@@H]1c1ccccc1. The number of rotatable bonds is 6. The Hall–Kier alpha value is -2.52. The summed E-state index contributed by atoms with van der Waals surface area (Å²) in [7, 11) is -0.594. The summed E-state index contributed by atoms with van der Waals surface area (Å²) >= 11 is 1.77. The first-order valence-electron chi connectivity index (χ1n) is 10.5. The first kappa shape index (κ1) is 22.7. The van der Waals surface area contributed by atoms with E-state index in [0.29, 0.717) is 5.69 Å². The summed E-state index contributed by atoms with van der Waals surface area (Å²) in [6, 6.07) is 17.2. The van der Waals surface area contributed by atoms with Gasteiger partial charge in [-0.1, -0.05) is 36.4 Å². The van der Waals surface area contributed by atoms with Gasteiger partial charge in [0.15, 0.2) is 0 Å². The molecule has 1 amide bonds. The number of nitrogens with one attached hydrogen (secondary N) is 1. The fourth-order valence-corrected chi connectivity index (χ4v) is 5.88. The molecule has 8 heteroatoms. The number of thiophene rings is 1. The Morgan fingerprint density at radius 3 is 2.62 bits per heavy atom. The molecule has 0 unspecified atom stereocenters. The maximum atomic E-state index is 13.0. The van der Waals surface area contributed by atoms with Crippen LogP contribution in [0.5, 0.6) is 0 Å². The third kappa shape index (κ3) is 4.49. The van der Waals surface area contributed by atoms with Crippen LogP contribution < -0.4 is 5.32 Å². The molecule has 168 valence electrons. The number of fused-ring (bicyclic) bond motifs is 1. The summed E-state index contributed by atoms with van der Waals surface area (Å²) in [6.45, 7) is 2.86. The summed E-state index contributed by atoms with van der Waals surface area (Å²) in [6.07, 6.45) is 0.916. The molecule has 0 saturated carbocycles. The van der Waals surface area contributed by atoms with Crippen LogP contribution in [0.15, 0.2) is 64.9 Å². The van der Waals surface area contributed by atoms with E-state index in [0.717, 1.165) is 24.1 Å². The zero-order valence-corrected chi connectivity index (χ0v) is 20.0. The lowest BCUT2D eigenvalue weighted by molar-refractivity contribution is -0.117. The molecule has 0 fully saturated rings. The molecule has 0 bridgehead atoms. The van der Waals surface area contributed by atoms with Crippen LogP contribution in [0.4, 0.5) is 5.69 Å². The van der Waals surface area contributed by atoms with Gasteiger partial charge in [0, 0.05) is 31.2 Å². The molecule has 1 N–H and O–H groups in total. The Morgan fingerprint density at radius 1 is 1.16 bits per heavy atom. The number of hydrogen-bond acceptors (Lipinski definition) is 5. The van der Waals surface area contributed by atoms with Crippen LogP contribution in [0.3, 0.4) is 0 Å². The third-order valence-corrected chi connectivity index (χ3v) is 8.60. The number of benzene rings is 2. The maximum absolute atomic E-state index is 13.0. The van der Waals surface area contributed by atoms with Crippen molar-refractivity contribution in [2.75, 3.05) is 32.5 Å². The number of anilines is 1. The zero-order valence-electron chi connectivity index (χ0n) is 18.4. The highest BCUT2D eigenvalue weighted by molar-refractivity contribution is 7.89. The van der Waals surface area contributed by atoms with Gasteiger partial charge >= 0.3 is 0 Å². The monoisotopic (exact) mass is 469 g/mol. The molecule has 0 saturated heterocycles. The minimum absolute atomic E-state index is 0.0264. The number of hydrogen-bond donors (Lipinski definition) is 1. The highest BCUT2D eigenvalue weighted by Gasteiger charge is 2.31. The predicted molar refractivity (Wildman–Crippen MR) is 129 cm³/mol. The lowest BCUT2D eigenvalue weighted by Crippen LogP contribution is -2.40. The van der Waals surface area contributed by atoms with Crippen LogP contribution in [0, 0.1) is 6.92 Å². The molecule has 2 aromatic carbocycles. The van der Waals surface area contributed by atoms with Gasteiger partial charge in [-0.3, -0.25) is 9.69 Å². The molecule has 2 heterocycles. The maximum Gasteiger partial charge on any atom is 0.242 e. The Balaban J connectivity index is 1.57. The Kier molecular flexibility index (Phi) is 6.48. The number of nitrogens with zero attached hydrogens (tertiary/aromatic N) is 2. The number of aryl methyl sites for hydroxylation is 1. The molecule has 1 atom stereocenters. The van der Waals surface area contributed by atoms with Crippen LogP contribution in [-0.2, 0) is 21.2 Å². The van der Waals surface area contributed by atoms with Gasteiger partial charge in [-0.15, -0.1) is 11.3 Å². The van der Waals surface area contributed by atoms with Crippen molar-refractivity contribution in [1.29, 1.82) is 0 Å². The van der Waals surface area contributed by atoms with Crippen molar-refractivity contribution in [3.8, 4) is 0 Å². The van der Waals surface area contributed by atoms with Crippen molar-refractivity contribution in [3.63, 3.8) is 0 Å². The molecule has 0 radical (unpaired) electrons. The summed E-state index contributed by atoms with van der Waals surface area (Å²) in [5, 5.41) is 5.05. The largest absolute Gasteiger partial charge is 0.325 e. The van der Waals surface area contributed by atoms with Gasteiger partial charge in [-0.2, -0.15) is 0 Å². The summed E-state index contributed by atoms with van der Waals surface area (Å²) < 4.78 is 26.2. The van der Waals surface area contributed by atoms with E-state index in [2.05, 4.69) is 33.8 Å². The quantitative estimate of drug-likeness (QED) is 0.595. The van der Waals surface area contributed by atoms with Crippen LogP contribution in [0.1, 0.15) is 27.6 Å². The molecule has 4 rings (SSSR count). The van der Waals surface area contributed by atoms with Crippen molar-refractivity contribution in [1.82, 2.24) is 9.21 Å². The first-order chi connectivity index (χ1) is 15.3. The van der Waals surface area contributed by atoms with E-state index in [-0.39, 0.29) is 23.4 Å². The third-order valence-electron chi connectivity index (χ3n) is 5.79. The standard InChI is InChI=1S/C24H27N3O3S2/c1-17-9-10-19(32(29,30)26(2)3)15-21(17)25-23(28)16-27-13-11-22-20(12-14-31-22)24(27)18-7-5-4-6-8-18/h4-10,12,14-15,24H,11,13,16H2,1-3H3,(H,25,28)/t24-/m0/s1. The minimum atomic E-state index is -3.58. The van der Waals surface area contributed by atoms with E-state index < -0.39 is 10.0 Å². The van der Waals surface area contributed by atoms with E-state index in [1.54, 1.807) is 23.5 Å². The highest BCUT2D eigenvalue weighted by atomic mass is 32.2. The normalized spacial score (nSPS) is 16.7. The number of carbonyl (C=O) groups is 1. The second-order valence-electron chi connectivity index (χ2n) is 8.15. The minimum Gasteiger partial charge on any atom is -0.325 e. The molecule has 32 heavy (non-hydrogen) atoms. The average Bonchev–Trinajstić information content (AvgIpc) is 3.24. The van der Waals surface area contributed by atoms with Crippen LogP contribution in [-0.4, -0.2) is 50.7 Å². The average molecular weight is 470 g/mol. The predicted octanol–water partition coefficient (Wildman–Crippen LogP) is 3.89. The molecule has 1 aliphatic rings. The molecule has 1 aromatic heterocycles. The topological polar surface area (TPSA) is 69.7 Å². The Bertz CT molecular complexity index is 1220. The summed E-state index contributed by atoms with van der Waals surface area (Å²) in [5.74, 6) is -0.160. The lowest BCUT2D eigenvalue weighted by atomic mass is 9.93.